The molecule has 0 bridgehead atoms. The molecule has 0 aliphatic heterocycles. The molecule has 2 aromatic rings. The molecule has 1 N–H and O–H groups in total. The monoisotopic (exact) mass is 306 g/mol. The van der Waals surface area contributed by atoms with Crippen LogP contribution in [0.3, 0.4) is 0 Å². The number of aromatic nitrogens is 3. The zero-order valence-corrected chi connectivity index (χ0v) is 13.2. The lowest BCUT2D eigenvalue weighted by atomic mass is 10.2. The third-order valence-electron chi connectivity index (χ3n) is 2.59. The van der Waals surface area contributed by atoms with Gasteiger partial charge in [-0.3, -0.25) is 0 Å². The molecule has 112 valence electrons. The molecule has 0 spiro atoms. The number of nitrogens with zero attached hydrogens (tertiary/aromatic N) is 3. The number of hydrogen-bond acceptors (Lipinski definition) is 5. The molecule has 0 aliphatic rings. The molecule has 21 heavy (non-hydrogen) atoms. The van der Waals surface area contributed by atoms with Gasteiger partial charge in [0.2, 0.25) is 5.95 Å². The average Bonchev–Trinajstić information content (AvgIpc) is 2.45. The standard InChI is InChI=1S/C15H19ClN4O/c1-4-9-17-14-18-13(11-5-7-12(16)8-6-11)19-15(20-14)21-10(2)3/h5-8,10H,4,9H2,1-3H3,(H,17,18,19,20). The van der Waals surface area contributed by atoms with Crippen molar-refractivity contribution in [3.63, 3.8) is 0 Å². The van der Waals surface area contributed by atoms with E-state index in [9.17, 15) is 0 Å². The van der Waals surface area contributed by atoms with Crippen LogP contribution in [0.5, 0.6) is 6.01 Å². The fourth-order valence-electron chi connectivity index (χ4n) is 1.66. The van der Waals surface area contributed by atoms with Gasteiger partial charge in [0.1, 0.15) is 0 Å². The second-order valence-corrected chi connectivity index (χ2v) is 5.30. The number of halogens is 1. The van der Waals surface area contributed by atoms with Crippen LogP contribution in [-0.4, -0.2) is 27.6 Å². The second-order valence-electron chi connectivity index (χ2n) is 4.87. The van der Waals surface area contributed by atoms with Crippen molar-refractivity contribution >= 4 is 17.5 Å². The Morgan fingerprint density at radius 2 is 1.86 bits per heavy atom. The molecule has 6 heteroatoms. The van der Waals surface area contributed by atoms with Crippen LogP contribution in [0, 0.1) is 0 Å². The van der Waals surface area contributed by atoms with Gasteiger partial charge in [-0.1, -0.05) is 18.5 Å². The highest BCUT2D eigenvalue weighted by molar-refractivity contribution is 6.30. The molecule has 1 heterocycles. The maximum absolute atomic E-state index is 5.91. The predicted molar refractivity (Wildman–Crippen MR) is 84.8 cm³/mol. The van der Waals surface area contributed by atoms with Crippen molar-refractivity contribution in [1.82, 2.24) is 15.0 Å². The van der Waals surface area contributed by atoms with E-state index < -0.39 is 0 Å². The third kappa shape index (κ3) is 4.56. The Morgan fingerprint density at radius 3 is 2.48 bits per heavy atom. The molecule has 0 saturated carbocycles. The van der Waals surface area contributed by atoms with Crippen molar-refractivity contribution in [2.45, 2.75) is 33.3 Å². The Morgan fingerprint density at radius 1 is 1.14 bits per heavy atom. The minimum absolute atomic E-state index is 0.00416. The molecule has 0 amide bonds. The molecule has 1 aromatic heterocycles. The van der Waals surface area contributed by atoms with Gasteiger partial charge < -0.3 is 10.1 Å². The SMILES string of the molecule is CCCNc1nc(OC(C)C)nc(-c2ccc(Cl)cc2)n1. The van der Waals surface area contributed by atoms with Gasteiger partial charge in [0.15, 0.2) is 5.82 Å². The maximum Gasteiger partial charge on any atom is 0.322 e. The molecule has 1 aromatic carbocycles. The van der Waals surface area contributed by atoms with Crippen LogP contribution in [0.2, 0.25) is 5.02 Å². The summed E-state index contributed by atoms with van der Waals surface area (Å²) in [4.78, 5) is 13.0. The summed E-state index contributed by atoms with van der Waals surface area (Å²) in [6.07, 6.45) is 0.993. The number of hydrogen-bond donors (Lipinski definition) is 1. The average molecular weight is 307 g/mol. The van der Waals surface area contributed by atoms with Crippen molar-refractivity contribution in [3.05, 3.63) is 29.3 Å². The normalized spacial score (nSPS) is 10.7. The molecule has 0 unspecified atom stereocenters. The second kappa shape index (κ2) is 7.22. The van der Waals surface area contributed by atoms with Gasteiger partial charge >= 0.3 is 6.01 Å². The van der Waals surface area contributed by atoms with Crippen LogP contribution in [0.4, 0.5) is 5.95 Å². The van der Waals surface area contributed by atoms with Gasteiger partial charge in [-0.2, -0.15) is 15.0 Å². The highest BCUT2D eigenvalue weighted by Crippen LogP contribution is 2.21. The first-order chi connectivity index (χ1) is 10.1. The van der Waals surface area contributed by atoms with Gasteiger partial charge in [-0.15, -0.1) is 0 Å². The Labute approximate surface area is 129 Å². The van der Waals surface area contributed by atoms with E-state index in [1.165, 1.54) is 0 Å². The predicted octanol–water partition coefficient (Wildman–Crippen LogP) is 3.80. The minimum Gasteiger partial charge on any atom is -0.461 e. The third-order valence-corrected chi connectivity index (χ3v) is 2.84. The molecule has 0 fully saturated rings. The van der Waals surface area contributed by atoms with E-state index >= 15 is 0 Å². The lowest BCUT2D eigenvalue weighted by Crippen LogP contribution is -2.12. The first-order valence-corrected chi connectivity index (χ1v) is 7.39. The summed E-state index contributed by atoms with van der Waals surface area (Å²) in [6.45, 7) is 6.75. The summed E-state index contributed by atoms with van der Waals surface area (Å²) in [5, 5.41) is 3.84. The molecule has 5 nitrogen and oxygen atoms in total. The van der Waals surface area contributed by atoms with Crippen LogP contribution < -0.4 is 10.1 Å². The van der Waals surface area contributed by atoms with Crippen molar-refractivity contribution in [1.29, 1.82) is 0 Å². The van der Waals surface area contributed by atoms with E-state index in [1.807, 2.05) is 38.1 Å². The van der Waals surface area contributed by atoms with Crippen LogP contribution in [0.25, 0.3) is 11.4 Å². The van der Waals surface area contributed by atoms with Crippen LogP contribution >= 0.6 is 11.6 Å². The smallest absolute Gasteiger partial charge is 0.322 e. The van der Waals surface area contributed by atoms with E-state index in [-0.39, 0.29) is 6.10 Å². The molecular formula is C15H19ClN4O. The van der Waals surface area contributed by atoms with Crippen molar-refractivity contribution in [2.24, 2.45) is 0 Å². The number of nitrogens with one attached hydrogen (secondary N) is 1. The van der Waals surface area contributed by atoms with E-state index in [4.69, 9.17) is 16.3 Å². The lowest BCUT2D eigenvalue weighted by Gasteiger charge is -2.11. The van der Waals surface area contributed by atoms with E-state index in [0.717, 1.165) is 18.5 Å². The first-order valence-electron chi connectivity index (χ1n) is 7.01. The fraction of sp³-hybridized carbons (Fsp3) is 0.400. The van der Waals surface area contributed by atoms with Crippen LogP contribution in [0.15, 0.2) is 24.3 Å². The molecule has 0 saturated heterocycles. The summed E-state index contributed by atoms with van der Waals surface area (Å²) < 4.78 is 5.59. The van der Waals surface area contributed by atoms with E-state index in [1.54, 1.807) is 0 Å². The Hall–Kier alpha value is -1.88. The summed E-state index contributed by atoms with van der Waals surface area (Å²) in [5.41, 5.74) is 0.870. The van der Waals surface area contributed by atoms with Crippen LogP contribution in [0.1, 0.15) is 27.2 Å². The highest BCUT2D eigenvalue weighted by Gasteiger charge is 2.10. The minimum atomic E-state index is 0.00416. The molecule has 2 rings (SSSR count). The first kappa shape index (κ1) is 15.5. The van der Waals surface area contributed by atoms with Crippen molar-refractivity contribution in [2.75, 3.05) is 11.9 Å². The largest absolute Gasteiger partial charge is 0.461 e. The number of ether oxygens (including phenoxy) is 1. The zero-order valence-electron chi connectivity index (χ0n) is 12.4. The van der Waals surface area contributed by atoms with E-state index in [0.29, 0.717) is 22.8 Å². The number of anilines is 1. The quantitative estimate of drug-likeness (QED) is 0.879. The Bertz CT molecular complexity index is 587. The lowest BCUT2D eigenvalue weighted by molar-refractivity contribution is 0.222. The maximum atomic E-state index is 5.91. The van der Waals surface area contributed by atoms with Crippen LogP contribution in [-0.2, 0) is 0 Å². The van der Waals surface area contributed by atoms with E-state index in [2.05, 4.69) is 27.2 Å². The van der Waals surface area contributed by atoms with Gasteiger partial charge in [-0.05, 0) is 44.5 Å². The topological polar surface area (TPSA) is 59.9 Å². The Kier molecular flexibility index (Phi) is 5.33. The highest BCUT2D eigenvalue weighted by atomic mass is 35.5. The zero-order chi connectivity index (χ0) is 15.2. The number of benzene rings is 1. The molecule has 0 atom stereocenters. The van der Waals surface area contributed by atoms with Gasteiger partial charge in [0.25, 0.3) is 0 Å². The summed E-state index contributed by atoms with van der Waals surface area (Å²) in [5.74, 6) is 1.09. The molecular weight excluding hydrogens is 288 g/mol. The van der Waals surface area contributed by atoms with Gasteiger partial charge in [0, 0.05) is 17.1 Å². The summed E-state index contributed by atoms with van der Waals surface area (Å²) >= 11 is 5.91. The van der Waals surface area contributed by atoms with Crippen molar-refractivity contribution < 1.29 is 4.74 Å². The molecule has 0 radical (unpaired) electrons. The van der Waals surface area contributed by atoms with Crippen molar-refractivity contribution in [3.8, 4) is 17.4 Å². The van der Waals surface area contributed by atoms with Gasteiger partial charge in [0.05, 0.1) is 6.10 Å². The summed E-state index contributed by atoms with van der Waals surface area (Å²) in [7, 11) is 0. The number of rotatable bonds is 6. The molecule has 0 aliphatic carbocycles. The van der Waals surface area contributed by atoms with Gasteiger partial charge in [-0.25, -0.2) is 0 Å². The summed E-state index contributed by atoms with van der Waals surface area (Å²) in [6, 6.07) is 7.69. The Balaban J connectivity index is 2.36. The fourth-order valence-corrected chi connectivity index (χ4v) is 1.79.